The predicted molar refractivity (Wildman–Crippen MR) is 62.2 cm³/mol. The molecule has 0 aliphatic carbocycles. The summed E-state index contributed by atoms with van der Waals surface area (Å²) < 4.78 is 9.69. The van der Waals surface area contributed by atoms with Crippen LogP contribution in [0, 0.1) is 0 Å². The maximum absolute atomic E-state index is 11.6. The molecule has 0 radical (unpaired) electrons. The van der Waals surface area contributed by atoms with Gasteiger partial charge in [0.2, 0.25) is 0 Å². The molecule has 0 bridgehead atoms. The summed E-state index contributed by atoms with van der Waals surface area (Å²) in [4.78, 5) is 25.2. The van der Waals surface area contributed by atoms with Crippen molar-refractivity contribution in [3.8, 4) is 0 Å². The fourth-order valence-electron chi connectivity index (χ4n) is 1.66. The number of nitrogens with zero attached hydrogens (tertiary/aromatic N) is 1. The Kier molecular flexibility index (Phi) is 5.52. The molecule has 0 unspecified atom stereocenters. The third kappa shape index (κ3) is 4.09. The fraction of sp³-hybridized carbons (Fsp3) is 0.667. The van der Waals surface area contributed by atoms with Crippen LogP contribution in [0.1, 0.15) is 26.7 Å². The number of esters is 2. The average molecular weight is 241 g/mol. The Balaban J connectivity index is 2.76. The molecule has 0 N–H and O–H groups in total. The summed E-state index contributed by atoms with van der Waals surface area (Å²) >= 11 is 0. The lowest BCUT2D eigenvalue weighted by Crippen LogP contribution is -2.22. The van der Waals surface area contributed by atoms with E-state index in [-0.39, 0.29) is 18.8 Å². The molecule has 1 rings (SSSR count). The number of hydrogen-bond donors (Lipinski definition) is 0. The molecule has 0 aromatic heterocycles. The van der Waals surface area contributed by atoms with Gasteiger partial charge in [0.05, 0.1) is 13.2 Å². The van der Waals surface area contributed by atoms with E-state index < -0.39 is 11.9 Å². The van der Waals surface area contributed by atoms with Crippen molar-refractivity contribution < 1.29 is 19.1 Å². The van der Waals surface area contributed by atoms with Gasteiger partial charge in [0.15, 0.2) is 5.57 Å². The monoisotopic (exact) mass is 241 g/mol. The number of rotatable bonds is 5. The van der Waals surface area contributed by atoms with Crippen LogP contribution in [0.5, 0.6) is 0 Å². The van der Waals surface area contributed by atoms with Crippen LogP contribution in [0.4, 0.5) is 0 Å². The third-order valence-electron chi connectivity index (χ3n) is 2.44. The number of ether oxygens (including phenoxy) is 2. The number of likely N-dealkylation sites (tertiary alicyclic amines) is 1. The predicted octanol–water partition coefficient (Wildman–Crippen LogP) is 1.09. The smallest absolute Gasteiger partial charge is 0.347 e. The van der Waals surface area contributed by atoms with Crippen molar-refractivity contribution >= 4 is 11.9 Å². The maximum atomic E-state index is 11.6. The Labute approximate surface area is 101 Å². The molecule has 5 heteroatoms. The minimum Gasteiger partial charge on any atom is -0.462 e. The normalized spacial score (nSPS) is 14.4. The summed E-state index contributed by atoms with van der Waals surface area (Å²) in [6.45, 7) is 5.63. The van der Waals surface area contributed by atoms with Gasteiger partial charge in [-0.05, 0) is 26.7 Å². The molecule has 1 heterocycles. The SMILES string of the molecule is CCOC(=O)C(=CN1CCCC1)C(=O)OCC. The first-order chi connectivity index (χ1) is 8.19. The van der Waals surface area contributed by atoms with E-state index in [1.165, 1.54) is 0 Å². The Bertz CT molecular complexity index is 286. The minimum atomic E-state index is -0.613. The minimum absolute atomic E-state index is 0.0180. The largest absolute Gasteiger partial charge is 0.462 e. The van der Waals surface area contributed by atoms with Crippen LogP contribution in [-0.2, 0) is 19.1 Å². The van der Waals surface area contributed by atoms with Crippen molar-refractivity contribution in [2.45, 2.75) is 26.7 Å². The highest BCUT2D eigenvalue weighted by Gasteiger charge is 2.23. The molecular weight excluding hydrogens is 222 g/mol. The fourth-order valence-corrected chi connectivity index (χ4v) is 1.66. The third-order valence-corrected chi connectivity index (χ3v) is 2.44. The highest BCUT2D eigenvalue weighted by atomic mass is 16.6. The van der Waals surface area contributed by atoms with Crippen LogP contribution in [0.25, 0.3) is 0 Å². The van der Waals surface area contributed by atoms with Gasteiger partial charge in [-0.3, -0.25) is 0 Å². The molecule has 0 atom stereocenters. The Hall–Kier alpha value is -1.52. The van der Waals surface area contributed by atoms with E-state index in [1.807, 2.05) is 4.90 Å². The Morgan fingerprint density at radius 3 is 1.94 bits per heavy atom. The first-order valence-electron chi connectivity index (χ1n) is 5.99. The quantitative estimate of drug-likeness (QED) is 0.312. The van der Waals surface area contributed by atoms with Gasteiger partial charge in [-0.15, -0.1) is 0 Å². The molecule has 0 aromatic rings. The highest BCUT2D eigenvalue weighted by molar-refractivity contribution is 6.13. The lowest BCUT2D eigenvalue weighted by atomic mass is 10.3. The molecule has 1 aliphatic rings. The van der Waals surface area contributed by atoms with E-state index in [1.54, 1.807) is 20.0 Å². The molecule has 96 valence electrons. The highest BCUT2D eigenvalue weighted by Crippen LogP contribution is 2.11. The zero-order chi connectivity index (χ0) is 12.7. The van der Waals surface area contributed by atoms with Crippen LogP contribution in [0.2, 0.25) is 0 Å². The lowest BCUT2D eigenvalue weighted by Gasteiger charge is -2.13. The van der Waals surface area contributed by atoms with Crippen molar-refractivity contribution in [1.82, 2.24) is 4.90 Å². The van der Waals surface area contributed by atoms with Gasteiger partial charge in [0, 0.05) is 19.3 Å². The maximum Gasteiger partial charge on any atom is 0.347 e. The molecule has 1 aliphatic heterocycles. The molecule has 17 heavy (non-hydrogen) atoms. The van der Waals surface area contributed by atoms with Crippen LogP contribution in [-0.4, -0.2) is 43.1 Å². The van der Waals surface area contributed by atoms with E-state index in [0.717, 1.165) is 25.9 Å². The van der Waals surface area contributed by atoms with E-state index in [4.69, 9.17) is 9.47 Å². The van der Waals surface area contributed by atoms with Crippen molar-refractivity contribution in [3.05, 3.63) is 11.8 Å². The van der Waals surface area contributed by atoms with Gasteiger partial charge in [0.25, 0.3) is 0 Å². The number of hydrogen-bond acceptors (Lipinski definition) is 5. The molecule has 0 saturated carbocycles. The molecule has 5 nitrogen and oxygen atoms in total. The summed E-state index contributed by atoms with van der Waals surface area (Å²) in [6, 6.07) is 0. The van der Waals surface area contributed by atoms with Crippen LogP contribution in [0.15, 0.2) is 11.8 Å². The van der Waals surface area contributed by atoms with Gasteiger partial charge in [-0.2, -0.15) is 0 Å². The van der Waals surface area contributed by atoms with Gasteiger partial charge < -0.3 is 14.4 Å². The van der Waals surface area contributed by atoms with Crippen LogP contribution >= 0.6 is 0 Å². The average Bonchev–Trinajstić information content (AvgIpc) is 2.79. The lowest BCUT2D eigenvalue weighted by molar-refractivity contribution is -0.146. The summed E-state index contributed by atoms with van der Waals surface area (Å²) in [6.07, 6.45) is 3.72. The second-order valence-electron chi connectivity index (χ2n) is 3.73. The van der Waals surface area contributed by atoms with E-state index in [9.17, 15) is 9.59 Å². The molecule has 0 amide bonds. The topological polar surface area (TPSA) is 55.8 Å². The second kappa shape index (κ2) is 6.93. The van der Waals surface area contributed by atoms with Crippen molar-refractivity contribution in [2.24, 2.45) is 0 Å². The second-order valence-corrected chi connectivity index (χ2v) is 3.73. The molecular formula is C12H19NO4. The molecule has 0 aromatic carbocycles. The van der Waals surface area contributed by atoms with Gasteiger partial charge in [0.1, 0.15) is 0 Å². The standard InChI is InChI=1S/C12H19NO4/c1-3-16-11(14)10(12(15)17-4-2)9-13-7-5-6-8-13/h9H,3-8H2,1-2H3. The Morgan fingerprint density at radius 2 is 1.53 bits per heavy atom. The summed E-state index contributed by atoms with van der Waals surface area (Å²) in [5.74, 6) is -1.23. The summed E-state index contributed by atoms with van der Waals surface area (Å²) in [5.41, 5.74) is -0.0180. The van der Waals surface area contributed by atoms with Gasteiger partial charge >= 0.3 is 11.9 Å². The zero-order valence-electron chi connectivity index (χ0n) is 10.4. The molecule has 1 saturated heterocycles. The van der Waals surface area contributed by atoms with E-state index in [0.29, 0.717) is 0 Å². The van der Waals surface area contributed by atoms with Crippen molar-refractivity contribution in [2.75, 3.05) is 26.3 Å². The molecule has 0 spiro atoms. The summed E-state index contributed by atoms with van der Waals surface area (Å²) in [5, 5.41) is 0. The van der Waals surface area contributed by atoms with Gasteiger partial charge in [-0.1, -0.05) is 0 Å². The summed E-state index contributed by atoms with van der Waals surface area (Å²) in [7, 11) is 0. The zero-order valence-corrected chi connectivity index (χ0v) is 10.4. The first-order valence-corrected chi connectivity index (χ1v) is 5.99. The van der Waals surface area contributed by atoms with E-state index >= 15 is 0 Å². The van der Waals surface area contributed by atoms with E-state index in [2.05, 4.69) is 0 Å². The van der Waals surface area contributed by atoms with Crippen molar-refractivity contribution in [1.29, 1.82) is 0 Å². The van der Waals surface area contributed by atoms with Crippen LogP contribution < -0.4 is 0 Å². The van der Waals surface area contributed by atoms with Crippen LogP contribution in [0.3, 0.4) is 0 Å². The molecule has 1 fully saturated rings. The first kappa shape index (κ1) is 13.5. The number of carbonyl (C=O) groups is 2. The number of carbonyl (C=O) groups excluding carboxylic acids is 2. The Morgan fingerprint density at radius 1 is 1.06 bits per heavy atom. The van der Waals surface area contributed by atoms with Crippen molar-refractivity contribution in [3.63, 3.8) is 0 Å². The van der Waals surface area contributed by atoms with Gasteiger partial charge in [-0.25, -0.2) is 9.59 Å².